The minimum absolute atomic E-state index is 0.399. The highest BCUT2D eigenvalue weighted by molar-refractivity contribution is 7.98. The maximum atomic E-state index is 4.84. The van der Waals surface area contributed by atoms with Crippen molar-refractivity contribution in [3.05, 3.63) is 41.7 Å². The molecule has 0 saturated carbocycles. The van der Waals surface area contributed by atoms with E-state index < -0.39 is 0 Å². The average Bonchev–Trinajstić information content (AvgIpc) is 2.76. The van der Waals surface area contributed by atoms with E-state index in [9.17, 15) is 0 Å². The summed E-state index contributed by atoms with van der Waals surface area (Å²) >= 11 is 1.75. The van der Waals surface area contributed by atoms with Gasteiger partial charge in [-0.1, -0.05) is 18.6 Å². The van der Waals surface area contributed by atoms with Crippen molar-refractivity contribution < 1.29 is 0 Å². The Hall–Kier alpha value is -1.39. The van der Waals surface area contributed by atoms with E-state index in [0.717, 1.165) is 17.8 Å². The third-order valence-electron chi connectivity index (χ3n) is 4.13. The van der Waals surface area contributed by atoms with E-state index in [2.05, 4.69) is 40.8 Å². The summed E-state index contributed by atoms with van der Waals surface area (Å²) < 4.78 is 0. The van der Waals surface area contributed by atoms with E-state index in [1.807, 2.05) is 13.2 Å². The number of nitrogens with one attached hydrogen (secondary N) is 1. The first-order valence-corrected chi connectivity index (χ1v) is 8.72. The summed E-state index contributed by atoms with van der Waals surface area (Å²) in [6.07, 6.45) is 8.81. The van der Waals surface area contributed by atoms with Crippen LogP contribution in [0.2, 0.25) is 0 Å². The van der Waals surface area contributed by atoms with Crippen molar-refractivity contribution in [1.82, 2.24) is 15.3 Å². The summed E-state index contributed by atoms with van der Waals surface area (Å²) in [6.45, 7) is 0. The molecule has 2 aromatic rings. The molecule has 3 rings (SSSR count). The SMILES string of the molecule is CNC1CCCCc2nc(-c3ccc(SC)cc3)ncc21. The van der Waals surface area contributed by atoms with Crippen LogP contribution < -0.4 is 5.32 Å². The number of aromatic nitrogens is 2. The lowest BCUT2D eigenvalue weighted by Crippen LogP contribution is -2.17. The van der Waals surface area contributed by atoms with Crippen molar-refractivity contribution in [2.45, 2.75) is 36.6 Å². The second-order valence-corrected chi connectivity index (χ2v) is 6.29. The molecule has 1 atom stereocenters. The zero-order chi connectivity index (χ0) is 14.7. The van der Waals surface area contributed by atoms with Crippen LogP contribution in [0.5, 0.6) is 0 Å². The van der Waals surface area contributed by atoms with E-state index in [1.165, 1.54) is 35.4 Å². The maximum Gasteiger partial charge on any atom is 0.159 e. The van der Waals surface area contributed by atoms with Gasteiger partial charge in [0.2, 0.25) is 0 Å². The van der Waals surface area contributed by atoms with Crippen LogP contribution in [0.15, 0.2) is 35.4 Å². The number of hydrogen-bond donors (Lipinski definition) is 1. The predicted molar refractivity (Wildman–Crippen MR) is 88.6 cm³/mol. The molecule has 1 aliphatic carbocycles. The first-order chi connectivity index (χ1) is 10.3. The van der Waals surface area contributed by atoms with Crippen LogP contribution in [0, 0.1) is 0 Å². The number of benzene rings is 1. The first-order valence-electron chi connectivity index (χ1n) is 7.49. The van der Waals surface area contributed by atoms with E-state index in [4.69, 9.17) is 4.98 Å². The highest BCUT2D eigenvalue weighted by Crippen LogP contribution is 2.28. The molecule has 1 aromatic carbocycles. The third kappa shape index (κ3) is 3.11. The Kier molecular flexibility index (Phi) is 4.56. The Morgan fingerprint density at radius 3 is 2.71 bits per heavy atom. The quantitative estimate of drug-likeness (QED) is 0.690. The van der Waals surface area contributed by atoms with Gasteiger partial charge < -0.3 is 5.32 Å². The molecule has 0 aliphatic heterocycles. The van der Waals surface area contributed by atoms with Gasteiger partial charge in [0.25, 0.3) is 0 Å². The molecule has 1 aliphatic rings. The largest absolute Gasteiger partial charge is 0.313 e. The number of nitrogens with zero attached hydrogens (tertiary/aromatic N) is 2. The van der Waals surface area contributed by atoms with Crippen molar-refractivity contribution in [1.29, 1.82) is 0 Å². The molecule has 0 bridgehead atoms. The van der Waals surface area contributed by atoms with Gasteiger partial charge in [-0.2, -0.15) is 0 Å². The van der Waals surface area contributed by atoms with Crippen LogP contribution >= 0.6 is 11.8 Å². The van der Waals surface area contributed by atoms with Gasteiger partial charge in [0, 0.05) is 34.0 Å². The van der Waals surface area contributed by atoms with Crippen molar-refractivity contribution in [3.63, 3.8) is 0 Å². The zero-order valence-corrected chi connectivity index (χ0v) is 13.4. The summed E-state index contributed by atoms with van der Waals surface area (Å²) in [6, 6.07) is 8.88. The molecule has 0 amide bonds. The normalized spacial score (nSPS) is 18.1. The molecule has 21 heavy (non-hydrogen) atoms. The highest BCUT2D eigenvalue weighted by atomic mass is 32.2. The molecular weight excluding hydrogens is 278 g/mol. The van der Waals surface area contributed by atoms with E-state index in [0.29, 0.717) is 6.04 Å². The lowest BCUT2D eigenvalue weighted by atomic mass is 10.1. The maximum absolute atomic E-state index is 4.84. The van der Waals surface area contributed by atoms with Crippen LogP contribution in [0.25, 0.3) is 11.4 Å². The van der Waals surface area contributed by atoms with Gasteiger partial charge in [-0.3, -0.25) is 0 Å². The number of aryl methyl sites for hydroxylation is 1. The van der Waals surface area contributed by atoms with Gasteiger partial charge in [0.15, 0.2) is 5.82 Å². The summed E-state index contributed by atoms with van der Waals surface area (Å²) in [5, 5.41) is 3.39. The number of rotatable bonds is 3. The Morgan fingerprint density at radius 1 is 1.19 bits per heavy atom. The Labute approximate surface area is 130 Å². The molecule has 0 fully saturated rings. The molecular formula is C17H21N3S. The van der Waals surface area contributed by atoms with Gasteiger partial charge in [0.1, 0.15) is 0 Å². The van der Waals surface area contributed by atoms with E-state index in [1.54, 1.807) is 11.8 Å². The fourth-order valence-electron chi connectivity index (χ4n) is 2.89. The molecule has 1 unspecified atom stereocenters. The molecule has 4 heteroatoms. The second-order valence-electron chi connectivity index (χ2n) is 5.41. The van der Waals surface area contributed by atoms with Crippen LogP contribution in [-0.2, 0) is 6.42 Å². The van der Waals surface area contributed by atoms with Crippen molar-refractivity contribution in [2.75, 3.05) is 13.3 Å². The Morgan fingerprint density at radius 2 is 2.00 bits per heavy atom. The third-order valence-corrected chi connectivity index (χ3v) is 4.87. The predicted octanol–water partition coefficient (Wildman–Crippen LogP) is 3.85. The summed E-state index contributed by atoms with van der Waals surface area (Å²) in [4.78, 5) is 10.7. The molecule has 0 radical (unpaired) electrons. The van der Waals surface area contributed by atoms with Crippen LogP contribution in [0.4, 0.5) is 0 Å². The smallest absolute Gasteiger partial charge is 0.159 e. The zero-order valence-electron chi connectivity index (χ0n) is 12.6. The second kappa shape index (κ2) is 6.58. The molecule has 110 valence electrons. The van der Waals surface area contributed by atoms with Gasteiger partial charge in [0.05, 0.1) is 0 Å². The molecule has 0 spiro atoms. The molecule has 1 aromatic heterocycles. The van der Waals surface area contributed by atoms with Crippen molar-refractivity contribution in [2.24, 2.45) is 0 Å². The van der Waals surface area contributed by atoms with Gasteiger partial charge in [-0.05, 0) is 44.7 Å². The molecule has 1 N–H and O–H groups in total. The molecule has 1 heterocycles. The monoisotopic (exact) mass is 299 g/mol. The summed E-state index contributed by atoms with van der Waals surface area (Å²) in [5.74, 6) is 0.846. The number of thioether (sulfide) groups is 1. The van der Waals surface area contributed by atoms with Gasteiger partial charge >= 0.3 is 0 Å². The average molecular weight is 299 g/mol. The van der Waals surface area contributed by atoms with Gasteiger partial charge in [-0.25, -0.2) is 9.97 Å². The van der Waals surface area contributed by atoms with Crippen molar-refractivity contribution in [3.8, 4) is 11.4 Å². The Bertz CT molecular complexity index is 610. The Balaban J connectivity index is 1.95. The van der Waals surface area contributed by atoms with Crippen LogP contribution in [-0.4, -0.2) is 23.3 Å². The lowest BCUT2D eigenvalue weighted by molar-refractivity contribution is 0.532. The van der Waals surface area contributed by atoms with E-state index >= 15 is 0 Å². The fraction of sp³-hybridized carbons (Fsp3) is 0.412. The fourth-order valence-corrected chi connectivity index (χ4v) is 3.30. The van der Waals surface area contributed by atoms with Crippen LogP contribution in [0.1, 0.15) is 36.6 Å². The summed E-state index contributed by atoms with van der Waals surface area (Å²) in [7, 11) is 2.02. The summed E-state index contributed by atoms with van der Waals surface area (Å²) in [5.41, 5.74) is 3.59. The minimum atomic E-state index is 0.399. The topological polar surface area (TPSA) is 37.8 Å². The first kappa shape index (κ1) is 14.5. The van der Waals surface area contributed by atoms with Crippen LogP contribution in [0.3, 0.4) is 0 Å². The number of fused-ring (bicyclic) bond motifs is 1. The highest BCUT2D eigenvalue weighted by Gasteiger charge is 2.19. The van der Waals surface area contributed by atoms with Gasteiger partial charge in [-0.15, -0.1) is 11.8 Å². The minimum Gasteiger partial charge on any atom is -0.313 e. The lowest BCUT2D eigenvalue weighted by Gasteiger charge is -2.16. The molecule has 0 saturated heterocycles. The van der Waals surface area contributed by atoms with Crippen molar-refractivity contribution >= 4 is 11.8 Å². The standard InChI is InChI=1S/C17H21N3S/c1-18-15-5-3-4-6-16-14(15)11-19-17(20-16)12-7-9-13(21-2)10-8-12/h7-11,15,18H,3-6H2,1-2H3. The van der Waals surface area contributed by atoms with E-state index in [-0.39, 0.29) is 0 Å². The number of hydrogen-bond acceptors (Lipinski definition) is 4. The molecule has 3 nitrogen and oxygen atoms in total.